The van der Waals surface area contributed by atoms with Crippen molar-refractivity contribution in [3.63, 3.8) is 0 Å². The van der Waals surface area contributed by atoms with E-state index >= 15 is 0 Å². The van der Waals surface area contributed by atoms with E-state index in [2.05, 4.69) is 37.2 Å². The van der Waals surface area contributed by atoms with Crippen LogP contribution in [0.1, 0.15) is 21.5 Å². The molecule has 176 valence electrons. The molecular weight excluding hydrogens is 591 g/mol. The van der Waals surface area contributed by atoms with Gasteiger partial charge in [-0.1, -0.05) is 12.1 Å². The van der Waals surface area contributed by atoms with Gasteiger partial charge in [-0.05, 0) is 61.7 Å². The third-order valence-corrected chi connectivity index (χ3v) is 5.56. The minimum absolute atomic E-state index is 0.0730. The van der Waals surface area contributed by atoms with Crippen LogP contribution < -0.4 is 11.1 Å². The first-order valence-corrected chi connectivity index (χ1v) is 9.86. The van der Waals surface area contributed by atoms with Crippen LogP contribution >= 0.6 is 31.9 Å². The van der Waals surface area contributed by atoms with Gasteiger partial charge in [-0.25, -0.2) is 4.39 Å². The first-order chi connectivity index (χ1) is 14.5. The second kappa shape index (κ2) is 8.86. The highest BCUT2D eigenvalue weighted by Crippen LogP contribution is 2.59. The Hall–Kier alpha value is -1.80. The molecule has 2 aromatic carbocycles. The van der Waals surface area contributed by atoms with Crippen molar-refractivity contribution in [2.24, 2.45) is 5.73 Å². The summed E-state index contributed by atoms with van der Waals surface area (Å²) >= 11 is 5.35. The van der Waals surface area contributed by atoms with Gasteiger partial charge in [-0.3, -0.25) is 4.79 Å². The lowest BCUT2D eigenvalue weighted by atomic mass is 9.87. The van der Waals surface area contributed by atoms with E-state index in [4.69, 9.17) is 5.73 Å². The third-order valence-electron chi connectivity index (χ3n) is 4.31. The van der Waals surface area contributed by atoms with Crippen molar-refractivity contribution in [3.8, 4) is 0 Å². The summed E-state index contributed by atoms with van der Waals surface area (Å²) in [7, 11) is 0. The number of nitrogens with two attached hydrogens (primary N) is 1. The van der Waals surface area contributed by atoms with Crippen LogP contribution in [0.3, 0.4) is 0 Å². The van der Waals surface area contributed by atoms with Gasteiger partial charge >= 0.3 is 23.9 Å². The molecule has 0 aliphatic carbocycles. The van der Waals surface area contributed by atoms with Crippen molar-refractivity contribution >= 4 is 43.5 Å². The second-order valence-electron chi connectivity index (χ2n) is 6.40. The number of alkyl halides is 9. The molecular formula is C18H11Br2F9N2O. The van der Waals surface area contributed by atoms with Gasteiger partial charge in [-0.2, -0.15) is 35.1 Å². The van der Waals surface area contributed by atoms with Crippen molar-refractivity contribution in [1.29, 1.82) is 0 Å². The highest BCUT2D eigenvalue weighted by molar-refractivity contribution is 9.11. The van der Waals surface area contributed by atoms with E-state index in [1.165, 1.54) is 24.3 Å². The average molecular weight is 602 g/mol. The summed E-state index contributed by atoms with van der Waals surface area (Å²) in [6.45, 7) is 0.188. The zero-order chi connectivity index (χ0) is 24.7. The number of nitrogens with one attached hydrogen (secondary N) is 1. The lowest BCUT2D eigenvalue weighted by Crippen LogP contribution is -2.59. The molecule has 0 aromatic heterocycles. The van der Waals surface area contributed by atoms with Gasteiger partial charge in [0.15, 0.2) is 0 Å². The molecule has 0 radical (unpaired) electrons. The Bertz CT molecular complexity index is 984. The van der Waals surface area contributed by atoms with E-state index in [0.717, 1.165) is 0 Å². The predicted molar refractivity (Wildman–Crippen MR) is 104 cm³/mol. The van der Waals surface area contributed by atoms with Crippen LogP contribution in [0.5, 0.6) is 0 Å². The van der Waals surface area contributed by atoms with E-state index in [9.17, 15) is 44.3 Å². The summed E-state index contributed by atoms with van der Waals surface area (Å²) < 4.78 is 118. The molecule has 1 unspecified atom stereocenters. The maximum Gasteiger partial charge on any atom is 0.457 e. The first-order valence-electron chi connectivity index (χ1n) is 8.27. The number of carbonyl (C=O) groups is 1. The number of anilines is 1. The molecule has 0 saturated carbocycles. The van der Waals surface area contributed by atoms with Crippen molar-refractivity contribution in [1.82, 2.24) is 0 Å². The molecule has 0 spiro atoms. The number of carbonyl (C=O) groups excluding carboxylic acids is 1. The molecule has 2 aromatic rings. The Morgan fingerprint density at radius 2 is 1.31 bits per heavy atom. The molecule has 32 heavy (non-hydrogen) atoms. The molecule has 3 N–H and O–H groups in total. The Kier molecular flexibility index (Phi) is 7.32. The van der Waals surface area contributed by atoms with E-state index < -0.39 is 44.4 Å². The number of hydrogen-bond acceptors (Lipinski definition) is 2. The standard InChI is InChI=1S/C18H11Br2F9N2O/c19-11-5-10(15(21,17(24,25)26)16(22,23)18(27,28)29)6-12(20)13(11)31-14(32)9-3-1-8(7-30)2-4-9/h1-6H,7,30H2,(H,31,32). The minimum atomic E-state index is -6.85. The number of benzene rings is 2. The fourth-order valence-corrected chi connectivity index (χ4v) is 3.97. The number of hydrogen-bond donors (Lipinski definition) is 2. The van der Waals surface area contributed by atoms with E-state index in [-0.39, 0.29) is 29.9 Å². The summed E-state index contributed by atoms with van der Waals surface area (Å²) in [6.07, 6.45) is -13.5. The van der Waals surface area contributed by atoms with Crippen LogP contribution in [-0.4, -0.2) is 24.2 Å². The highest BCUT2D eigenvalue weighted by atomic mass is 79.9. The van der Waals surface area contributed by atoms with Crippen LogP contribution in [0.25, 0.3) is 0 Å². The second-order valence-corrected chi connectivity index (χ2v) is 8.11. The normalized spacial score (nSPS) is 14.8. The van der Waals surface area contributed by atoms with Gasteiger partial charge in [0.05, 0.1) is 5.69 Å². The van der Waals surface area contributed by atoms with Gasteiger partial charge in [0, 0.05) is 26.6 Å². The molecule has 0 bridgehead atoms. The third kappa shape index (κ3) is 4.62. The minimum Gasteiger partial charge on any atom is -0.326 e. The summed E-state index contributed by atoms with van der Waals surface area (Å²) in [5.41, 5.74) is -2.28. The Morgan fingerprint density at radius 1 is 0.844 bits per heavy atom. The smallest absolute Gasteiger partial charge is 0.326 e. The van der Waals surface area contributed by atoms with Crippen LogP contribution in [0.2, 0.25) is 0 Å². The van der Waals surface area contributed by atoms with Gasteiger partial charge in [0.2, 0.25) is 0 Å². The van der Waals surface area contributed by atoms with E-state index in [1.807, 2.05) is 0 Å². The Balaban J connectivity index is 2.53. The van der Waals surface area contributed by atoms with Gasteiger partial charge < -0.3 is 11.1 Å². The molecule has 0 aliphatic heterocycles. The molecule has 0 fully saturated rings. The summed E-state index contributed by atoms with van der Waals surface area (Å²) in [5, 5.41) is 2.24. The zero-order valence-electron chi connectivity index (χ0n) is 15.3. The number of amides is 1. The molecule has 1 atom stereocenters. The maximum absolute atomic E-state index is 14.7. The lowest BCUT2D eigenvalue weighted by molar-refractivity contribution is -0.389. The molecule has 0 heterocycles. The summed E-state index contributed by atoms with van der Waals surface area (Å²) in [4.78, 5) is 12.3. The molecule has 1 amide bonds. The first kappa shape index (κ1) is 26.5. The molecule has 14 heteroatoms. The highest BCUT2D eigenvalue weighted by Gasteiger charge is 2.81. The van der Waals surface area contributed by atoms with Crippen molar-refractivity contribution in [2.45, 2.75) is 30.5 Å². The topological polar surface area (TPSA) is 55.1 Å². The van der Waals surface area contributed by atoms with Crippen molar-refractivity contribution in [3.05, 3.63) is 62.0 Å². The SMILES string of the molecule is NCc1ccc(C(=O)Nc2c(Br)cc(C(F)(C(F)(F)F)C(F)(F)C(F)(F)F)cc2Br)cc1. The maximum atomic E-state index is 14.7. The zero-order valence-corrected chi connectivity index (χ0v) is 18.5. The van der Waals surface area contributed by atoms with Gasteiger partial charge in [0.25, 0.3) is 5.91 Å². The summed E-state index contributed by atoms with van der Waals surface area (Å²) in [5.74, 6) is -7.61. The predicted octanol–water partition coefficient (Wildman–Crippen LogP) is 6.85. The number of halogens is 11. The van der Waals surface area contributed by atoms with Crippen LogP contribution in [0, 0.1) is 0 Å². The quantitative estimate of drug-likeness (QED) is 0.369. The molecule has 0 saturated heterocycles. The van der Waals surface area contributed by atoms with Gasteiger partial charge in [0.1, 0.15) is 0 Å². The fraction of sp³-hybridized carbons (Fsp3) is 0.278. The van der Waals surface area contributed by atoms with Crippen LogP contribution in [-0.2, 0) is 12.2 Å². The molecule has 0 aliphatic rings. The van der Waals surface area contributed by atoms with E-state index in [1.54, 1.807) is 0 Å². The average Bonchev–Trinajstić information content (AvgIpc) is 2.67. The largest absolute Gasteiger partial charge is 0.457 e. The molecule has 3 nitrogen and oxygen atoms in total. The van der Waals surface area contributed by atoms with Crippen LogP contribution in [0.15, 0.2) is 45.3 Å². The van der Waals surface area contributed by atoms with Crippen molar-refractivity contribution in [2.75, 3.05) is 5.32 Å². The van der Waals surface area contributed by atoms with E-state index in [0.29, 0.717) is 5.56 Å². The Morgan fingerprint density at radius 3 is 1.69 bits per heavy atom. The monoisotopic (exact) mass is 600 g/mol. The fourth-order valence-electron chi connectivity index (χ4n) is 2.59. The summed E-state index contributed by atoms with van der Waals surface area (Å²) in [6, 6.07) is 5.95. The van der Waals surface area contributed by atoms with Crippen LogP contribution in [0.4, 0.5) is 45.2 Å². The molecule has 2 rings (SSSR count). The van der Waals surface area contributed by atoms with Gasteiger partial charge in [-0.15, -0.1) is 0 Å². The lowest BCUT2D eigenvalue weighted by Gasteiger charge is -2.36. The van der Waals surface area contributed by atoms with Crippen molar-refractivity contribution < 1.29 is 44.3 Å². The number of rotatable bonds is 5. The Labute approximate surface area is 191 Å².